The molecule has 1 aromatic rings. The minimum absolute atomic E-state index is 0.102. The SMILES string of the molecule is O=C(Nc1c(F)cccc1C(=O)O)NC1CCC1. The number of carbonyl (C=O) groups excluding carboxylic acids is 1. The smallest absolute Gasteiger partial charge is 0.337 e. The van der Waals surface area contributed by atoms with Crippen molar-refractivity contribution in [2.45, 2.75) is 25.3 Å². The molecule has 0 saturated heterocycles. The molecule has 0 bridgehead atoms. The summed E-state index contributed by atoms with van der Waals surface area (Å²) >= 11 is 0. The Morgan fingerprint density at radius 3 is 2.61 bits per heavy atom. The first kappa shape index (κ1) is 12.3. The lowest BCUT2D eigenvalue weighted by atomic mass is 9.93. The van der Waals surface area contributed by atoms with Gasteiger partial charge in [0.1, 0.15) is 5.82 Å². The van der Waals surface area contributed by atoms with Gasteiger partial charge >= 0.3 is 12.0 Å². The molecule has 0 spiro atoms. The number of amides is 2. The Balaban J connectivity index is 2.11. The molecule has 0 unspecified atom stereocenters. The highest BCUT2D eigenvalue weighted by molar-refractivity contribution is 6.00. The Bertz CT molecular complexity index is 486. The number of hydrogen-bond donors (Lipinski definition) is 3. The van der Waals surface area contributed by atoms with Crippen molar-refractivity contribution in [1.82, 2.24) is 5.32 Å². The van der Waals surface area contributed by atoms with Crippen molar-refractivity contribution in [2.24, 2.45) is 0 Å². The van der Waals surface area contributed by atoms with Gasteiger partial charge in [0.15, 0.2) is 0 Å². The molecule has 6 heteroatoms. The fraction of sp³-hybridized carbons (Fsp3) is 0.333. The Labute approximate surface area is 103 Å². The highest BCUT2D eigenvalue weighted by Crippen LogP contribution is 2.21. The third-order valence-electron chi connectivity index (χ3n) is 2.92. The highest BCUT2D eigenvalue weighted by Gasteiger charge is 2.21. The van der Waals surface area contributed by atoms with Crippen molar-refractivity contribution in [2.75, 3.05) is 5.32 Å². The standard InChI is InChI=1S/C12H13FN2O3/c13-9-6-2-5-8(11(16)17)10(9)15-12(18)14-7-3-1-4-7/h2,5-7H,1,3-4H2,(H,16,17)(H2,14,15,18). The van der Waals surface area contributed by atoms with Crippen LogP contribution in [0.1, 0.15) is 29.6 Å². The van der Waals surface area contributed by atoms with Crippen LogP contribution in [0.3, 0.4) is 0 Å². The summed E-state index contributed by atoms with van der Waals surface area (Å²) in [7, 11) is 0. The van der Waals surface area contributed by atoms with Gasteiger partial charge in [-0.05, 0) is 31.4 Å². The number of aromatic carboxylic acids is 1. The van der Waals surface area contributed by atoms with E-state index in [-0.39, 0.29) is 17.3 Å². The average molecular weight is 252 g/mol. The van der Waals surface area contributed by atoms with Gasteiger partial charge in [0.25, 0.3) is 0 Å². The molecule has 1 saturated carbocycles. The topological polar surface area (TPSA) is 78.4 Å². The largest absolute Gasteiger partial charge is 0.478 e. The molecule has 1 aliphatic carbocycles. The summed E-state index contributed by atoms with van der Waals surface area (Å²) in [6.07, 6.45) is 2.86. The first-order valence-corrected chi connectivity index (χ1v) is 5.67. The van der Waals surface area contributed by atoms with E-state index < -0.39 is 17.8 Å². The van der Waals surface area contributed by atoms with Crippen LogP contribution in [-0.4, -0.2) is 23.1 Å². The minimum atomic E-state index is -1.28. The van der Waals surface area contributed by atoms with E-state index in [4.69, 9.17) is 5.11 Å². The van der Waals surface area contributed by atoms with Crippen molar-refractivity contribution in [3.63, 3.8) is 0 Å². The van der Waals surface area contributed by atoms with Gasteiger partial charge in [-0.3, -0.25) is 0 Å². The zero-order valence-electron chi connectivity index (χ0n) is 9.57. The van der Waals surface area contributed by atoms with Gasteiger partial charge in [0, 0.05) is 6.04 Å². The second-order valence-corrected chi connectivity index (χ2v) is 4.19. The third kappa shape index (κ3) is 2.58. The quantitative estimate of drug-likeness (QED) is 0.771. The van der Waals surface area contributed by atoms with E-state index in [9.17, 15) is 14.0 Å². The zero-order valence-corrected chi connectivity index (χ0v) is 9.57. The first-order valence-electron chi connectivity index (χ1n) is 5.67. The van der Waals surface area contributed by atoms with E-state index in [1.165, 1.54) is 12.1 Å². The van der Waals surface area contributed by atoms with Gasteiger partial charge in [-0.1, -0.05) is 6.07 Å². The van der Waals surface area contributed by atoms with Crippen molar-refractivity contribution < 1.29 is 19.1 Å². The van der Waals surface area contributed by atoms with Crippen LogP contribution in [0.5, 0.6) is 0 Å². The zero-order chi connectivity index (χ0) is 13.1. The number of urea groups is 1. The van der Waals surface area contributed by atoms with Crippen LogP contribution in [0.15, 0.2) is 18.2 Å². The maximum Gasteiger partial charge on any atom is 0.337 e. The lowest BCUT2D eigenvalue weighted by Gasteiger charge is -2.26. The molecule has 0 heterocycles. The van der Waals surface area contributed by atoms with Crippen LogP contribution in [-0.2, 0) is 0 Å². The Hall–Kier alpha value is -2.11. The molecular formula is C12H13FN2O3. The van der Waals surface area contributed by atoms with Crippen LogP contribution >= 0.6 is 0 Å². The second-order valence-electron chi connectivity index (χ2n) is 4.19. The number of carbonyl (C=O) groups is 2. The number of para-hydroxylation sites is 1. The number of carboxylic acids is 1. The number of hydrogen-bond acceptors (Lipinski definition) is 2. The second kappa shape index (κ2) is 5.03. The van der Waals surface area contributed by atoms with E-state index in [1.54, 1.807) is 0 Å². The lowest BCUT2D eigenvalue weighted by Crippen LogP contribution is -2.42. The summed E-state index contributed by atoms with van der Waals surface area (Å²) in [6, 6.07) is 3.15. The van der Waals surface area contributed by atoms with Crippen LogP contribution in [0.4, 0.5) is 14.9 Å². The van der Waals surface area contributed by atoms with E-state index >= 15 is 0 Å². The summed E-state index contributed by atoms with van der Waals surface area (Å²) in [4.78, 5) is 22.5. The molecule has 0 atom stereocenters. The van der Waals surface area contributed by atoms with Crippen LogP contribution < -0.4 is 10.6 Å². The monoisotopic (exact) mass is 252 g/mol. The molecule has 3 N–H and O–H groups in total. The molecule has 2 amide bonds. The van der Waals surface area contributed by atoms with Crippen LogP contribution in [0.25, 0.3) is 0 Å². The van der Waals surface area contributed by atoms with Gasteiger partial charge in [0.05, 0.1) is 11.3 Å². The van der Waals surface area contributed by atoms with E-state index in [1.807, 2.05) is 0 Å². The normalized spacial score (nSPS) is 14.7. The van der Waals surface area contributed by atoms with Gasteiger partial charge in [-0.2, -0.15) is 0 Å². The van der Waals surface area contributed by atoms with Crippen LogP contribution in [0, 0.1) is 5.82 Å². The van der Waals surface area contributed by atoms with Crippen molar-refractivity contribution >= 4 is 17.7 Å². The van der Waals surface area contributed by atoms with Gasteiger partial charge in [-0.15, -0.1) is 0 Å². The molecule has 1 aromatic carbocycles. The summed E-state index contributed by atoms with van der Waals surface area (Å²) in [5.41, 5.74) is -0.569. The number of benzene rings is 1. The summed E-state index contributed by atoms with van der Waals surface area (Å²) in [5, 5.41) is 13.8. The highest BCUT2D eigenvalue weighted by atomic mass is 19.1. The predicted octanol–water partition coefficient (Wildman–Crippen LogP) is 2.20. The Morgan fingerprint density at radius 1 is 1.33 bits per heavy atom. The molecule has 1 aliphatic rings. The minimum Gasteiger partial charge on any atom is -0.478 e. The van der Waals surface area contributed by atoms with Gasteiger partial charge in [0.2, 0.25) is 0 Å². The Morgan fingerprint density at radius 2 is 2.06 bits per heavy atom. The maximum atomic E-state index is 13.5. The molecule has 0 aromatic heterocycles. The molecule has 1 fully saturated rings. The maximum absolute atomic E-state index is 13.5. The molecule has 0 aliphatic heterocycles. The number of carboxylic acid groups (broad SMARTS) is 1. The van der Waals surface area contributed by atoms with E-state index in [0.29, 0.717) is 0 Å². The number of halogens is 1. The summed E-state index contributed by atoms with van der Waals surface area (Å²) < 4.78 is 13.5. The third-order valence-corrected chi connectivity index (χ3v) is 2.92. The predicted molar refractivity (Wildman–Crippen MR) is 63.2 cm³/mol. The van der Waals surface area contributed by atoms with Crippen LogP contribution in [0.2, 0.25) is 0 Å². The lowest BCUT2D eigenvalue weighted by molar-refractivity contribution is 0.0697. The number of rotatable bonds is 3. The van der Waals surface area contributed by atoms with Gasteiger partial charge in [-0.25, -0.2) is 14.0 Å². The van der Waals surface area contributed by atoms with E-state index in [2.05, 4.69) is 10.6 Å². The van der Waals surface area contributed by atoms with E-state index in [0.717, 1.165) is 25.3 Å². The summed E-state index contributed by atoms with van der Waals surface area (Å²) in [6.45, 7) is 0. The fourth-order valence-electron chi connectivity index (χ4n) is 1.72. The molecule has 96 valence electrons. The van der Waals surface area contributed by atoms with Crippen molar-refractivity contribution in [1.29, 1.82) is 0 Å². The average Bonchev–Trinajstić information content (AvgIpc) is 2.26. The number of nitrogens with one attached hydrogen (secondary N) is 2. The molecule has 2 rings (SSSR count). The van der Waals surface area contributed by atoms with Crippen molar-refractivity contribution in [3.05, 3.63) is 29.6 Å². The van der Waals surface area contributed by atoms with Gasteiger partial charge < -0.3 is 15.7 Å². The summed E-state index contributed by atoms with van der Waals surface area (Å²) in [5.74, 6) is -2.05. The van der Waals surface area contributed by atoms with Crippen molar-refractivity contribution in [3.8, 4) is 0 Å². The molecular weight excluding hydrogens is 239 g/mol. The molecule has 5 nitrogen and oxygen atoms in total. The fourth-order valence-corrected chi connectivity index (χ4v) is 1.72. The Kier molecular flexibility index (Phi) is 3.45. The molecule has 18 heavy (non-hydrogen) atoms. The first-order chi connectivity index (χ1) is 8.58. The number of anilines is 1. The molecule has 0 radical (unpaired) electrons.